The number of hydrogen-bond acceptors (Lipinski definition) is 5. The van der Waals surface area contributed by atoms with E-state index in [0.717, 1.165) is 41.2 Å². The van der Waals surface area contributed by atoms with Crippen LogP contribution >= 0.6 is 0 Å². The molecule has 1 N–H and O–H groups in total. The normalized spacial score (nSPS) is 17.9. The Morgan fingerprint density at radius 3 is 2.80 bits per heavy atom. The number of para-hydroxylation sites is 1. The van der Waals surface area contributed by atoms with E-state index in [4.69, 9.17) is 0 Å². The zero-order valence-electron chi connectivity index (χ0n) is 14.2. The molecule has 0 atom stereocenters. The van der Waals surface area contributed by atoms with Gasteiger partial charge >= 0.3 is 0 Å². The second-order valence-corrected chi connectivity index (χ2v) is 7.03. The first kappa shape index (κ1) is 14.8. The van der Waals surface area contributed by atoms with Crippen molar-refractivity contribution >= 4 is 22.4 Å². The average molecular weight is 331 g/mol. The number of nitrogens with one attached hydrogen (secondary N) is 1. The van der Waals surface area contributed by atoms with Crippen molar-refractivity contribution in [3.05, 3.63) is 54.1 Å². The highest BCUT2D eigenvalue weighted by molar-refractivity contribution is 5.82. The first-order valence-corrected chi connectivity index (χ1v) is 9.05. The van der Waals surface area contributed by atoms with Crippen LogP contribution in [0.5, 0.6) is 0 Å². The van der Waals surface area contributed by atoms with Crippen LogP contribution in [0.4, 0.5) is 11.5 Å². The van der Waals surface area contributed by atoms with E-state index in [1.165, 1.54) is 31.2 Å². The summed E-state index contributed by atoms with van der Waals surface area (Å²) in [6.45, 7) is 1.90. The fraction of sp³-hybridized carbons (Fsp3) is 0.350. The third-order valence-electron chi connectivity index (χ3n) is 5.44. The molecule has 5 nitrogen and oxygen atoms in total. The summed E-state index contributed by atoms with van der Waals surface area (Å²) >= 11 is 0. The lowest BCUT2D eigenvalue weighted by Crippen LogP contribution is -2.27. The number of rotatable bonds is 3. The lowest BCUT2D eigenvalue weighted by Gasteiger charge is -2.22. The van der Waals surface area contributed by atoms with Crippen molar-refractivity contribution in [3.63, 3.8) is 0 Å². The molecule has 1 aromatic carbocycles. The van der Waals surface area contributed by atoms with Gasteiger partial charge in [-0.3, -0.25) is 9.88 Å². The third kappa shape index (κ3) is 2.74. The van der Waals surface area contributed by atoms with E-state index in [9.17, 15) is 0 Å². The van der Waals surface area contributed by atoms with Crippen molar-refractivity contribution in [1.82, 2.24) is 19.9 Å². The maximum absolute atomic E-state index is 4.53. The zero-order chi connectivity index (χ0) is 16.6. The van der Waals surface area contributed by atoms with E-state index in [2.05, 4.69) is 37.3 Å². The Kier molecular flexibility index (Phi) is 3.59. The lowest BCUT2D eigenvalue weighted by atomic mass is 10.2. The van der Waals surface area contributed by atoms with Crippen LogP contribution in [0.25, 0.3) is 10.9 Å². The molecular weight excluding hydrogens is 310 g/mol. The highest BCUT2D eigenvalue weighted by atomic mass is 15.2. The molecular formula is C20H21N5. The van der Waals surface area contributed by atoms with Gasteiger partial charge in [-0.05, 0) is 25.0 Å². The van der Waals surface area contributed by atoms with Gasteiger partial charge in [-0.1, -0.05) is 31.0 Å². The summed E-state index contributed by atoms with van der Waals surface area (Å²) in [5.74, 6) is 0.919. The van der Waals surface area contributed by atoms with Gasteiger partial charge in [-0.25, -0.2) is 9.97 Å². The SMILES string of the molecule is c1ccc2ncc(Nc3ncnc4c3CN(C3CCCC3)C4)cc2c1. The van der Waals surface area contributed by atoms with Crippen molar-refractivity contribution in [2.45, 2.75) is 44.8 Å². The minimum Gasteiger partial charge on any atom is -0.339 e. The van der Waals surface area contributed by atoms with Crippen molar-refractivity contribution in [2.75, 3.05) is 5.32 Å². The summed E-state index contributed by atoms with van der Waals surface area (Å²) in [6.07, 6.45) is 8.90. The van der Waals surface area contributed by atoms with Gasteiger partial charge in [-0.15, -0.1) is 0 Å². The van der Waals surface area contributed by atoms with E-state index >= 15 is 0 Å². The standard InChI is InChI=1S/C20H21N5/c1-4-8-18-14(5-1)9-15(10-21-18)24-20-17-11-25(16-6-2-3-7-16)12-19(17)22-13-23-20/h1,4-5,8-10,13,16H,2-3,6-7,11-12H2,(H,22,23,24). The highest BCUT2D eigenvalue weighted by Crippen LogP contribution is 2.34. The Morgan fingerprint density at radius 1 is 1.00 bits per heavy atom. The summed E-state index contributed by atoms with van der Waals surface area (Å²) in [6, 6.07) is 11.0. The fourth-order valence-electron chi connectivity index (χ4n) is 4.11. The predicted molar refractivity (Wildman–Crippen MR) is 98.6 cm³/mol. The van der Waals surface area contributed by atoms with Crippen LogP contribution in [-0.4, -0.2) is 25.9 Å². The molecule has 1 saturated carbocycles. The molecule has 1 aliphatic carbocycles. The summed E-state index contributed by atoms with van der Waals surface area (Å²) in [4.78, 5) is 16.1. The molecule has 0 radical (unpaired) electrons. The molecule has 1 fully saturated rings. The largest absolute Gasteiger partial charge is 0.339 e. The van der Waals surface area contributed by atoms with Crippen LogP contribution < -0.4 is 5.32 Å². The third-order valence-corrected chi connectivity index (χ3v) is 5.44. The van der Waals surface area contributed by atoms with E-state index in [1.807, 2.05) is 24.4 Å². The Hall–Kier alpha value is -2.53. The highest BCUT2D eigenvalue weighted by Gasteiger charge is 2.30. The van der Waals surface area contributed by atoms with E-state index < -0.39 is 0 Å². The second kappa shape index (κ2) is 6.08. The summed E-state index contributed by atoms with van der Waals surface area (Å²) < 4.78 is 0. The number of benzene rings is 1. The molecule has 0 unspecified atom stereocenters. The van der Waals surface area contributed by atoms with Gasteiger partial charge in [0.15, 0.2) is 0 Å². The van der Waals surface area contributed by atoms with Gasteiger partial charge in [0.2, 0.25) is 0 Å². The maximum Gasteiger partial charge on any atom is 0.138 e. The van der Waals surface area contributed by atoms with Gasteiger partial charge in [0.25, 0.3) is 0 Å². The van der Waals surface area contributed by atoms with Gasteiger partial charge in [0.1, 0.15) is 12.1 Å². The van der Waals surface area contributed by atoms with E-state index in [1.54, 1.807) is 6.33 Å². The van der Waals surface area contributed by atoms with E-state index in [-0.39, 0.29) is 0 Å². The topological polar surface area (TPSA) is 53.9 Å². The monoisotopic (exact) mass is 331 g/mol. The van der Waals surface area contributed by atoms with E-state index in [0.29, 0.717) is 6.04 Å². The molecule has 0 saturated heterocycles. The smallest absolute Gasteiger partial charge is 0.138 e. The van der Waals surface area contributed by atoms with Crippen molar-refractivity contribution in [3.8, 4) is 0 Å². The Labute approximate surface area is 147 Å². The number of anilines is 2. The average Bonchev–Trinajstić information content (AvgIpc) is 3.31. The van der Waals surface area contributed by atoms with Crippen LogP contribution in [0.1, 0.15) is 36.9 Å². The first-order valence-electron chi connectivity index (χ1n) is 9.05. The van der Waals surface area contributed by atoms with Crippen molar-refractivity contribution in [1.29, 1.82) is 0 Å². The molecule has 2 aliphatic rings. The Balaban J connectivity index is 1.42. The number of aromatic nitrogens is 3. The molecule has 0 amide bonds. The van der Waals surface area contributed by atoms with Gasteiger partial charge in [0.05, 0.1) is 23.1 Å². The Morgan fingerprint density at radius 2 is 1.88 bits per heavy atom. The quantitative estimate of drug-likeness (QED) is 0.785. The molecule has 126 valence electrons. The van der Waals surface area contributed by atoms with Crippen LogP contribution in [0.15, 0.2) is 42.9 Å². The molecule has 5 rings (SSSR count). The minimum atomic E-state index is 0.712. The summed E-state index contributed by atoms with van der Waals surface area (Å²) in [5.41, 5.74) is 4.38. The fourth-order valence-corrected chi connectivity index (χ4v) is 4.11. The zero-order valence-corrected chi connectivity index (χ0v) is 14.2. The van der Waals surface area contributed by atoms with Crippen LogP contribution in [0.3, 0.4) is 0 Å². The molecule has 1 aliphatic heterocycles. The van der Waals surface area contributed by atoms with Gasteiger partial charge < -0.3 is 5.32 Å². The van der Waals surface area contributed by atoms with Crippen molar-refractivity contribution < 1.29 is 0 Å². The van der Waals surface area contributed by atoms with Crippen LogP contribution in [0, 0.1) is 0 Å². The minimum absolute atomic E-state index is 0.712. The summed E-state index contributed by atoms with van der Waals surface area (Å²) in [7, 11) is 0. The lowest BCUT2D eigenvalue weighted by molar-refractivity contribution is 0.201. The molecule has 3 heterocycles. The molecule has 25 heavy (non-hydrogen) atoms. The van der Waals surface area contributed by atoms with Crippen LogP contribution in [-0.2, 0) is 13.1 Å². The molecule has 2 aromatic heterocycles. The maximum atomic E-state index is 4.53. The number of pyridine rings is 1. The molecule has 3 aromatic rings. The van der Waals surface area contributed by atoms with Gasteiger partial charge in [-0.2, -0.15) is 0 Å². The molecule has 5 heteroatoms. The van der Waals surface area contributed by atoms with Crippen molar-refractivity contribution in [2.24, 2.45) is 0 Å². The molecule has 0 bridgehead atoms. The molecule has 0 spiro atoms. The van der Waals surface area contributed by atoms with Gasteiger partial charge in [0, 0.05) is 30.1 Å². The number of nitrogens with zero attached hydrogens (tertiary/aromatic N) is 4. The Bertz CT molecular complexity index is 917. The van der Waals surface area contributed by atoms with Crippen LogP contribution in [0.2, 0.25) is 0 Å². The number of hydrogen-bond donors (Lipinski definition) is 1. The summed E-state index contributed by atoms with van der Waals surface area (Å²) in [5, 5.41) is 4.60. The second-order valence-electron chi connectivity index (χ2n) is 7.03. The first-order chi connectivity index (χ1) is 12.4. The number of fused-ring (bicyclic) bond motifs is 2. The predicted octanol–water partition coefficient (Wildman–Crippen LogP) is 4.03.